The van der Waals surface area contributed by atoms with E-state index in [1.54, 1.807) is 12.1 Å². The maximum Gasteiger partial charge on any atom is 0.251 e. The summed E-state index contributed by atoms with van der Waals surface area (Å²) in [5, 5.41) is 20.2. The number of rotatable bonds is 4. The first-order valence-corrected chi connectivity index (χ1v) is 7.90. The van der Waals surface area contributed by atoms with Crippen LogP contribution in [0.2, 0.25) is 0 Å². The summed E-state index contributed by atoms with van der Waals surface area (Å²) in [5.74, 6) is 1.39. The Hall–Kier alpha value is -1.86. The van der Waals surface area contributed by atoms with E-state index < -0.39 is 0 Å². The molecule has 0 spiro atoms. The van der Waals surface area contributed by atoms with Crippen molar-refractivity contribution in [3.05, 3.63) is 64.2 Å². The lowest BCUT2D eigenvalue weighted by molar-refractivity contribution is -0.645. The number of hydrogen-bond donors (Lipinski definition) is 0. The molecule has 0 saturated heterocycles. The molecule has 5 nitrogen and oxygen atoms in total. The lowest BCUT2D eigenvalue weighted by Gasteiger charge is -2.00. The minimum absolute atomic E-state index is 0.448. The van der Waals surface area contributed by atoms with Gasteiger partial charge in [-0.15, -0.1) is 10.2 Å². The molecule has 0 fully saturated rings. The molecule has 0 bridgehead atoms. The number of benzene rings is 1. The van der Waals surface area contributed by atoms with Gasteiger partial charge in [0.1, 0.15) is 0 Å². The maximum absolute atomic E-state index is 11.5. The van der Waals surface area contributed by atoms with E-state index in [1.807, 2.05) is 30.3 Å². The Morgan fingerprint density at radius 1 is 1.14 bits per heavy atom. The predicted molar refractivity (Wildman–Crippen MR) is 82.4 cm³/mol. The fourth-order valence-electron chi connectivity index (χ4n) is 1.72. The lowest BCUT2D eigenvalue weighted by atomic mass is 10.2. The van der Waals surface area contributed by atoms with E-state index in [0.29, 0.717) is 22.6 Å². The fraction of sp³-hybridized carbons (Fsp3) is 0.0714. The average Bonchev–Trinajstić information content (AvgIpc) is 2.96. The van der Waals surface area contributed by atoms with Crippen LogP contribution in [-0.2, 0) is 5.75 Å². The Morgan fingerprint density at radius 2 is 1.95 bits per heavy atom. The molecule has 0 N–H and O–H groups in total. The summed E-state index contributed by atoms with van der Waals surface area (Å²) in [4.78, 5) is 0. The Bertz CT molecular complexity index is 763. The van der Waals surface area contributed by atoms with Crippen LogP contribution in [0.1, 0.15) is 5.89 Å². The molecule has 2 aromatic heterocycles. The van der Waals surface area contributed by atoms with Crippen LogP contribution in [0.25, 0.3) is 11.5 Å². The van der Waals surface area contributed by atoms with Gasteiger partial charge >= 0.3 is 0 Å². The molecule has 7 heteroatoms. The molecule has 2 heterocycles. The van der Waals surface area contributed by atoms with Crippen LogP contribution < -0.4 is 4.73 Å². The number of aromatic nitrogens is 3. The number of hydrogen-bond acceptors (Lipinski definition) is 5. The molecule has 1 aromatic carbocycles. The second-order valence-electron chi connectivity index (χ2n) is 4.13. The summed E-state index contributed by atoms with van der Waals surface area (Å²) in [7, 11) is 0. The Balaban J connectivity index is 1.74. The molecule has 0 radical (unpaired) electrons. The van der Waals surface area contributed by atoms with Gasteiger partial charge in [0.2, 0.25) is 11.8 Å². The quantitative estimate of drug-likeness (QED) is 0.403. The zero-order valence-corrected chi connectivity index (χ0v) is 13.2. The van der Waals surface area contributed by atoms with Gasteiger partial charge in [-0.25, -0.2) is 0 Å². The van der Waals surface area contributed by atoms with Crippen molar-refractivity contribution >= 4 is 27.7 Å². The van der Waals surface area contributed by atoms with E-state index in [0.717, 1.165) is 14.8 Å². The third kappa shape index (κ3) is 3.25. The minimum atomic E-state index is 0.448. The average molecular weight is 364 g/mol. The zero-order chi connectivity index (χ0) is 14.7. The number of pyridine rings is 1. The standard InChI is InChI=1S/C14H10BrN3O2S/c15-11-6-2-1-5-10(11)14-17-16-12(20-14)9-21-13-7-3-4-8-18(13)19/h1-8H,9H2. The van der Waals surface area contributed by atoms with Gasteiger partial charge < -0.3 is 9.62 Å². The fourth-order valence-corrected chi connectivity index (χ4v) is 2.92. The van der Waals surface area contributed by atoms with Crippen molar-refractivity contribution in [1.82, 2.24) is 10.2 Å². The van der Waals surface area contributed by atoms with Gasteiger partial charge in [0.15, 0.2) is 6.20 Å². The second-order valence-corrected chi connectivity index (χ2v) is 5.98. The Morgan fingerprint density at radius 3 is 2.76 bits per heavy atom. The van der Waals surface area contributed by atoms with Crippen molar-refractivity contribution in [3.8, 4) is 11.5 Å². The number of halogens is 1. The molecule has 0 aliphatic carbocycles. The summed E-state index contributed by atoms with van der Waals surface area (Å²) in [6.45, 7) is 0. The first-order valence-electron chi connectivity index (χ1n) is 6.12. The lowest BCUT2D eigenvalue weighted by Crippen LogP contribution is -2.27. The number of thioether (sulfide) groups is 1. The second kappa shape index (κ2) is 6.28. The van der Waals surface area contributed by atoms with Gasteiger partial charge in [-0.05, 0) is 45.9 Å². The van der Waals surface area contributed by atoms with Crippen LogP contribution in [0.5, 0.6) is 0 Å². The topological polar surface area (TPSA) is 65.9 Å². The van der Waals surface area contributed by atoms with Crippen molar-refractivity contribution in [1.29, 1.82) is 0 Å². The molecular weight excluding hydrogens is 354 g/mol. The van der Waals surface area contributed by atoms with Gasteiger partial charge in [-0.2, -0.15) is 4.73 Å². The van der Waals surface area contributed by atoms with E-state index in [-0.39, 0.29) is 0 Å². The highest BCUT2D eigenvalue weighted by atomic mass is 79.9. The first-order chi connectivity index (χ1) is 10.2. The van der Waals surface area contributed by atoms with Gasteiger partial charge in [0, 0.05) is 16.6 Å². The monoisotopic (exact) mass is 363 g/mol. The van der Waals surface area contributed by atoms with Gasteiger partial charge in [-0.1, -0.05) is 12.1 Å². The zero-order valence-electron chi connectivity index (χ0n) is 10.8. The third-order valence-electron chi connectivity index (χ3n) is 2.70. The normalized spacial score (nSPS) is 10.7. The Labute approximate surface area is 133 Å². The summed E-state index contributed by atoms with van der Waals surface area (Å²) in [5.41, 5.74) is 0.847. The van der Waals surface area contributed by atoms with E-state index in [1.165, 1.54) is 18.0 Å². The molecule has 0 amide bonds. The van der Waals surface area contributed by atoms with Crippen LogP contribution in [0.4, 0.5) is 0 Å². The molecule has 0 saturated carbocycles. The predicted octanol–water partition coefficient (Wildman–Crippen LogP) is 3.42. The largest absolute Gasteiger partial charge is 0.618 e. The molecule has 0 aliphatic rings. The third-order valence-corrected chi connectivity index (χ3v) is 4.40. The van der Waals surface area contributed by atoms with Gasteiger partial charge in [0.05, 0.1) is 11.3 Å². The van der Waals surface area contributed by atoms with Gasteiger partial charge in [0.25, 0.3) is 5.03 Å². The SMILES string of the molecule is [O-][n+]1ccccc1SCc1nnc(-c2ccccc2Br)o1. The van der Waals surface area contributed by atoms with E-state index in [4.69, 9.17) is 4.42 Å². The molecule has 3 rings (SSSR count). The van der Waals surface area contributed by atoms with Crippen LogP contribution in [0, 0.1) is 5.21 Å². The molecule has 106 valence electrons. The van der Waals surface area contributed by atoms with Crippen molar-refractivity contribution in [2.75, 3.05) is 0 Å². The van der Waals surface area contributed by atoms with Gasteiger partial charge in [-0.3, -0.25) is 0 Å². The molecule has 0 unspecified atom stereocenters. The molecule has 3 aromatic rings. The number of nitrogens with zero attached hydrogens (tertiary/aromatic N) is 3. The maximum atomic E-state index is 11.5. The van der Waals surface area contributed by atoms with E-state index >= 15 is 0 Å². The Kier molecular flexibility index (Phi) is 4.21. The van der Waals surface area contributed by atoms with Crippen molar-refractivity contribution < 1.29 is 9.15 Å². The first kappa shape index (κ1) is 14.1. The van der Waals surface area contributed by atoms with Crippen LogP contribution in [0.15, 0.2) is 62.6 Å². The summed E-state index contributed by atoms with van der Waals surface area (Å²) >= 11 is 4.81. The van der Waals surface area contributed by atoms with Crippen molar-refractivity contribution in [2.24, 2.45) is 0 Å². The van der Waals surface area contributed by atoms with Crippen LogP contribution >= 0.6 is 27.7 Å². The summed E-state index contributed by atoms with van der Waals surface area (Å²) in [6.07, 6.45) is 1.46. The highest BCUT2D eigenvalue weighted by molar-refractivity contribution is 9.10. The van der Waals surface area contributed by atoms with E-state index in [2.05, 4.69) is 26.1 Å². The smallest absolute Gasteiger partial charge is 0.251 e. The summed E-state index contributed by atoms with van der Waals surface area (Å²) < 4.78 is 7.34. The van der Waals surface area contributed by atoms with Crippen molar-refractivity contribution in [3.63, 3.8) is 0 Å². The summed E-state index contributed by atoms with van der Waals surface area (Å²) in [6, 6.07) is 12.9. The highest BCUT2D eigenvalue weighted by Crippen LogP contribution is 2.28. The molecule has 0 aliphatic heterocycles. The highest BCUT2D eigenvalue weighted by Gasteiger charge is 2.13. The molecule has 21 heavy (non-hydrogen) atoms. The van der Waals surface area contributed by atoms with Crippen molar-refractivity contribution in [2.45, 2.75) is 10.8 Å². The minimum Gasteiger partial charge on any atom is -0.618 e. The van der Waals surface area contributed by atoms with Crippen LogP contribution in [0.3, 0.4) is 0 Å². The van der Waals surface area contributed by atoms with Crippen LogP contribution in [-0.4, -0.2) is 10.2 Å². The van der Waals surface area contributed by atoms with E-state index in [9.17, 15) is 5.21 Å². The molecule has 0 atom stereocenters. The molecular formula is C14H10BrN3O2S.